The maximum Gasteiger partial charge on any atom is 0.356 e. The lowest BCUT2D eigenvalue weighted by Gasteiger charge is -2.04. The van der Waals surface area contributed by atoms with Crippen molar-refractivity contribution in [1.82, 2.24) is 14.6 Å². The molecule has 0 atom stereocenters. The maximum atomic E-state index is 11.3. The van der Waals surface area contributed by atoms with Crippen LogP contribution in [0.1, 0.15) is 21.0 Å². The van der Waals surface area contributed by atoms with Crippen LogP contribution in [0.2, 0.25) is 0 Å². The fraction of sp³-hybridized carbons (Fsp3) is 0. The van der Waals surface area contributed by atoms with Crippen molar-refractivity contribution in [3.05, 3.63) is 53.9 Å². The first kappa shape index (κ1) is 12.8. The van der Waals surface area contributed by atoms with Crippen molar-refractivity contribution >= 4 is 17.6 Å². The zero-order valence-electron chi connectivity index (χ0n) is 10.6. The predicted molar refractivity (Wildman–Crippen MR) is 72.3 cm³/mol. The minimum Gasteiger partial charge on any atom is -0.477 e. The zero-order chi connectivity index (χ0) is 15.0. The average Bonchev–Trinajstić information content (AvgIpc) is 2.91. The largest absolute Gasteiger partial charge is 0.477 e. The number of hydrogen-bond donors (Lipinski definition) is 2. The van der Waals surface area contributed by atoms with Crippen molar-refractivity contribution in [2.24, 2.45) is 0 Å². The number of aromatic carboxylic acids is 2. The lowest BCUT2D eigenvalue weighted by Crippen LogP contribution is -2.09. The lowest BCUT2D eigenvalue weighted by molar-refractivity contribution is 0.0671. The van der Waals surface area contributed by atoms with Gasteiger partial charge in [0.05, 0.1) is 5.69 Å². The molecule has 104 valence electrons. The quantitative estimate of drug-likeness (QED) is 0.759. The molecule has 2 N–H and O–H groups in total. The second-order valence-corrected chi connectivity index (χ2v) is 4.30. The molecular formula is C14H9N3O4. The summed E-state index contributed by atoms with van der Waals surface area (Å²) in [5.41, 5.74) is 0.950. The minimum absolute atomic E-state index is 0.147. The number of hydrogen-bond acceptors (Lipinski definition) is 4. The lowest BCUT2D eigenvalue weighted by atomic mass is 10.1. The van der Waals surface area contributed by atoms with Gasteiger partial charge in [0.25, 0.3) is 0 Å². The predicted octanol–water partition coefficient (Wildman–Crippen LogP) is 1.79. The van der Waals surface area contributed by atoms with Crippen molar-refractivity contribution in [3.8, 4) is 11.3 Å². The van der Waals surface area contributed by atoms with E-state index < -0.39 is 11.9 Å². The summed E-state index contributed by atoms with van der Waals surface area (Å²) in [6.07, 6.45) is 0. The van der Waals surface area contributed by atoms with Crippen LogP contribution >= 0.6 is 0 Å². The molecular weight excluding hydrogens is 274 g/mol. The van der Waals surface area contributed by atoms with Crippen molar-refractivity contribution in [1.29, 1.82) is 0 Å². The van der Waals surface area contributed by atoms with E-state index in [9.17, 15) is 14.7 Å². The Morgan fingerprint density at radius 1 is 1.00 bits per heavy atom. The molecule has 0 unspecified atom stereocenters. The van der Waals surface area contributed by atoms with E-state index in [4.69, 9.17) is 5.11 Å². The molecule has 3 aromatic rings. The molecule has 0 bridgehead atoms. The van der Waals surface area contributed by atoms with Crippen LogP contribution in [0.5, 0.6) is 0 Å². The third-order valence-electron chi connectivity index (χ3n) is 2.93. The van der Waals surface area contributed by atoms with Gasteiger partial charge in [-0.3, -0.25) is 0 Å². The van der Waals surface area contributed by atoms with Crippen molar-refractivity contribution in [2.45, 2.75) is 0 Å². The molecule has 3 rings (SSSR count). The Morgan fingerprint density at radius 2 is 1.71 bits per heavy atom. The van der Waals surface area contributed by atoms with Gasteiger partial charge in [0.1, 0.15) is 0 Å². The fourth-order valence-corrected chi connectivity index (χ4v) is 1.99. The number of aromatic nitrogens is 3. The Balaban J connectivity index is 2.29. The average molecular weight is 283 g/mol. The molecule has 0 saturated carbocycles. The summed E-state index contributed by atoms with van der Waals surface area (Å²) in [7, 11) is 0. The summed E-state index contributed by atoms with van der Waals surface area (Å²) in [4.78, 5) is 26.6. The number of carboxylic acids is 2. The summed E-state index contributed by atoms with van der Waals surface area (Å²) in [6.45, 7) is 0. The maximum absolute atomic E-state index is 11.3. The highest BCUT2D eigenvalue weighted by Gasteiger charge is 2.17. The highest BCUT2D eigenvalue weighted by atomic mass is 16.4. The first-order valence-corrected chi connectivity index (χ1v) is 5.99. The second-order valence-electron chi connectivity index (χ2n) is 4.30. The summed E-state index contributed by atoms with van der Waals surface area (Å²) in [5.74, 6) is -2.45. The second kappa shape index (κ2) is 4.71. The third kappa shape index (κ3) is 2.20. The van der Waals surface area contributed by atoms with Crippen LogP contribution in [-0.4, -0.2) is 36.7 Å². The number of fused-ring (bicyclic) bond motifs is 1. The van der Waals surface area contributed by atoms with E-state index in [0.717, 1.165) is 10.1 Å². The van der Waals surface area contributed by atoms with Crippen molar-refractivity contribution in [2.75, 3.05) is 0 Å². The van der Waals surface area contributed by atoms with Gasteiger partial charge in [-0.05, 0) is 6.07 Å². The van der Waals surface area contributed by atoms with Gasteiger partial charge in [0, 0.05) is 11.6 Å². The molecule has 1 aromatic carbocycles. The van der Waals surface area contributed by atoms with Gasteiger partial charge >= 0.3 is 11.9 Å². The number of rotatable bonds is 3. The Morgan fingerprint density at radius 3 is 2.33 bits per heavy atom. The Bertz CT molecular complexity index is 855. The van der Waals surface area contributed by atoms with Gasteiger partial charge in [0.15, 0.2) is 17.0 Å². The van der Waals surface area contributed by atoms with Crippen LogP contribution in [0.15, 0.2) is 42.5 Å². The summed E-state index contributed by atoms with van der Waals surface area (Å²) < 4.78 is 1.01. The van der Waals surface area contributed by atoms with Gasteiger partial charge in [-0.2, -0.15) is 5.10 Å². The van der Waals surface area contributed by atoms with E-state index in [0.29, 0.717) is 5.69 Å². The normalized spacial score (nSPS) is 10.7. The van der Waals surface area contributed by atoms with E-state index in [-0.39, 0.29) is 17.0 Å². The van der Waals surface area contributed by atoms with E-state index in [1.807, 2.05) is 6.07 Å². The SMILES string of the molecule is O=C(O)c1cc2nc(-c3ccccc3)cc(C(=O)O)n2n1. The number of nitrogens with zero attached hydrogens (tertiary/aromatic N) is 3. The third-order valence-corrected chi connectivity index (χ3v) is 2.93. The molecule has 0 fully saturated rings. The van der Waals surface area contributed by atoms with Crippen LogP contribution in [-0.2, 0) is 0 Å². The zero-order valence-corrected chi connectivity index (χ0v) is 10.6. The smallest absolute Gasteiger partial charge is 0.356 e. The van der Waals surface area contributed by atoms with Gasteiger partial charge in [-0.25, -0.2) is 19.1 Å². The molecule has 0 radical (unpaired) electrons. The highest BCUT2D eigenvalue weighted by Crippen LogP contribution is 2.20. The molecule has 0 aliphatic heterocycles. The number of benzene rings is 1. The van der Waals surface area contributed by atoms with Gasteiger partial charge in [0.2, 0.25) is 0 Å². The molecule has 7 heteroatoms. The summed E-state index contributed by atoms with van der Waals surface area (Å²) >= 11 is 0. The fourth-order valence-electron chi connectivity index (χ4n) is 1.99. The van der Waals surface area contributed by atoms with Gasteiger partial charge in [-0.15, -0.1) is 0 Å². The van der Waals surface area contributed by atoms with Crippen LogP contribution in [0.3, 0.4) is 0 Å². The van der Waals surface area contributed by atoms with Crippen LogP contribution in [0.4, 0.5) is 0 Å². The van der Waals surface area contributed by atoms with Crippen LogP contribution in [0, 0.1) is 0 Å². The highest BCUT2D eigenvalue weighted by molar-refractivity contribution is 5.90. The Kier molecular flexibility index (Phi) is 2.87. The van der Waals surface area contributed by atoms with Crippen molar-refractivity contribution < 1.29 is 19.8 Å². The van der Waals surface area contributed by atoms with E-state index in [2.05, 4.69) is 10.1 Å². The van der Waals surface area contributed by atoms with Crippen molar-refractivity contribution in [3.63, 3.8) is 0 Å². The molecule has 0 spiro atoms. The molecule has 2 aromatic heterocycles. The van der Waals surface area contributed by atoms with Crippen LogP contribution < -0.4 is 0 Å². The minimum atomic E-state index is -1.24. The monoisotopic (exact) mass is 283 g/mol. The molecule has 0 saturated heterocycles. The number of carbonyl (C=O) groups is 2. The van der Waals surface area contributed by atoms with E-state index in [1.54, 1.807) is 24.3 Å². The Labute approximate surface area is 118 Å². The molecule has 21 heavy (non-hydrogen) atoms. The molecule has 0 aliphatic rings. The first-order valence-electron chi connectivity index (χ1n) is 5.99. The molecule has 2 heterocycles. The van der Waals surface area contributed by atoms with Gasteiger partial charge in [-0.1, -0.05) is 30.3 Å². The van der Waals surface area contributed by atoms with Gasteiger partial charge < -0.3 is 10.2 Å². The summed E-state index contributed by atoms with van der Waals surface area (Å²) in [6, 6.07) is 11.6. The standard InChI is InChI=1S/C14H9N3O4/c18-13(19)10-7-12-15-9(8-4-2-1-3-5-8)6-11(14(20)21)17(12)16-10/h1-7H,(H,18,19)(H,20,21). The van der Waals surface area contributed by atoms with Crippen LogP contribution in [0.25, 0.3) is 16.9 Å². The van der Waals surface area contributed by atoms with E-state index >= 15 is 0 Å². The molecule has 0 aliphatic carbocycles. The molecule has 7 nitrogen and oxygen atoms in total. The molecule has 0 amide bonds. The topological polar surface area (TPSA) is 105 Å². The first-order chi connectivity index (χ1) is 10.1. The number of carboxylic acid groups (broad SMARTS) is 2. The van der Waals surface area contributed by atoms with E-state index in [1.165, 1.54) is 12.1 Å². The Hall–Kier alpha value is -3.22. The summed E-state index contributed by atoms with van der Waals surface area (Å²) in [5, 5.41) is 22.0.